The predicted octanol–water partition coefficient (Wildman–Crippen LogP) is 0.395. The summed E-state index contributed by atoms with van der Waals surface area (Å²) in [6.45, 7) is 1.62. The minimum absolute atomic E-state index is 0.272. The van der Waals surface area contributed by atoms with Gasteiger partial charge in [0.25, 0.3) is 0 Å². The highest BCUT2D eigenvalue weighted by molar-refractivity contribution is 5.78. The molecule has 14 heavy (non-hydrogen) atoms. The molecule has 0 aliphatic carbocycles. The lowest BCUT2D eigenvalue weighted by atomic mass is 10.4. The number of carbonyl (C=O) groups is 1. The van der Waals surface area contributed by atoms with Gasteiger partial charge in [-0.3, -0.25) is 4.79 Å². The highest BCUT2D eigenvalue weighted by atomic mass is 16.2. The van der Waals surface area contributed by atoms with Crippen LogP contribution in [0.25, 0.3) is 6.20 Å². The molecule has 1 N–H and O–H groups in total. The Morgan fingerprint density at radius 1 is 1.64 bits per heavy atom. The van der Waals surface area contributed by atoms with Crippen LogP contribution in [0.5, 0.6) is 0 Å². The number of hydrogen-bond donors (Lipinski definition) is 1. The molecule has 1 aliphatic heterocycles. The molecule has 1 amide bonds. The van der Waals surface area contributed by atoms with Gasteiger partial charge in [-0.1, -0.05) is 0 Å². The summed E-state index contributed by atoms with van der Waals surface area (Å²) < 4.78 is 1.92. The number of carbonyl (C=O) groups excluding carboxylic acids is 1. The van der Waals surface area contributed by atoms with Crippen LogP contribution < -0.4 is 4.57 Å². The molecule has 0 unspecified atom stereocenters. The van der Waals surface area contributed by atoms with E-state index in [1.807, 2.05) is 40.5 Å². The van der Waals surface area contributed by atoms with Gasteiger partial charge >= 0.3 is 0 Å². The number of amides is 1. The second-order valence-electron chi connectivity index (χ2n) is 3.39. The zero-order chi connectivity index (χ0) is 9.80. The van der Waals surface area contributed by atoms with Crippen LogP contribution in [-0.4, -0.2) is 28.9 Å². The van der Waals surface area contributed by atoms with Gasteiger partial charge in [0, 0.05) is 19.5 Å². The van der Waals surface area contributed by atoms with Crippen molar-refractivity contribution in [3.8, 4) is 0 Å². The van der Waals surface area contributed by atoms with E-state index in [9.17, 15) is 4.79 Å². The van der Waals surface area contributed by atoms with Crippen molar-refractivity contribution in [1.29, 1.82) is 0 Å². The molecule has 2 rings (SSSR count). The molecule has 2 heterocycles. The van der Waals surface area contributed by atoms with Crippen molar-refractivity contribution in [3.05, 3.63) is 24.8 Å². The molecule has 4 heteroatoms. The van der Waals surface area contributed by atoms with Crippen molar-refractivity contribution in [3.63, 3.8) is 0 Å². The van der Waals surface area contributed by atoms with Crippen LogP contribution in [-0.2, 0) is 4.79 Å². The molecule has 1 aliphatic rings. The molecule has 1 saturated heterocycles. The average molecular weight is 192 g/mol. The Labute approximate surface area is 82.9 Å². The summed E-state index contributed by atoms with van der Waals surface area (Å²) in [4.78, 5) is 16.1. The van der Waals surface area contributed by atoms with Gasteiger partial charge in [-0.25, -0.2) is 9.55 Å². The summed E-state index contributed by atoms with van der Waals surface area (Å²) in [5, 5.41) is 0. The van der Waals surface area contributed by atoms with E-state index in [1.165, 1.54) is 0 Å². The lowest BCUT2D eigenvalue weighted by molar-refractivity contribution is -0.566. The van der Waals surface area contributed by atoms with Crippen molar-refractivity contribution in [2.45, 2.75) is 12.8 Å². The molecule has 0 bridgehead atoms. The van der Waals surface area contributed by atoms with Gasteiger partial charge in [0.15, 0.2) is 0 Å². The highest BCUT2D eigenvalue weighted by Gasteiger charge is 2.18. The Balaban J connectivity index is 1.85. The first-order valence-electron chi connectivity index (χ1n) is 4.84. The molecule has 0 aromatic carbocycles. The van der Waals surface area contributed by atoms with Crippen molar-refractivity contribution in [2.24, 2.45) is 0 Å². The van der Waals surface area contributed by atoms with E-state index in [1.54, 1.807) is 0 Å². The van der Waals surface area contributed by atoms with Crippen LogP contribution in [0.4, 0.5) is 0 Å². The molecule has 0 saturated carbocycles. The second kappa shape index (κ2) is 4.09. The van der Waals surface area contributed by atoms with E-state index in [2.05, 4.69) is 4.98 Å². The summed E-state index contributed by atoms with van der Waals surface area (Å²) in [5.74, 6) is 0.272. The lowest BCUT2D eigenvalue weighted by Crippen LogP contribution is -2.26. The number of aromatic nitrogens is 2. The second-order valence-corrected chi connectivity index (χ2v) is 3.39. The molecule has 0 radical (unpaired) electrons. The number of likely N-dealkylation sites (tertiary alicyclic amines) is 1. The van der Waals surface area contributed by atoms with Gasteiger partial charge in [-0.05, 0) is 12.5 Å². The van der Waals surface area contributed by atoms with E-state index in [0.717, 1.165) is 19.5 Å². The maximum Gasteiger partial charge on any atom is 0.246 e. The van der Waals surface area contributed by atoms with E-state index in [4.69, 9.17) is 0 Å². The lowest BCUT2D eigenvalue weighted by Gasteiger charge is -2.11. The van der Waals surface area contributed by atoms with Crippen molar-refractivity contribution in [1.82, 2.24) is 9.88 Å². The van der Waals surface area contributed by atoms with Crippen molar-refractivity contribution >= 4 is 12.1 Å². The van der Waals surface area contributed by atoms with Crippen LogP contribution in [0.3, 0.4) is 0 Å². The monoisotopic (exact) mass is 192 g/mol. The maximum absolute atomic E-state index is 11.2. The molecule has 1 fully saturated rings. The summed E-state index contributed by atoms with van der Waals surface area (Å²) in [7, 11) is 0. The minimum Gasteiger partial charge on any atom is -0.339 e. The summed E-state index contributed by atoms with van der Waals surface area (Å²) in [6.07, 6.45) is 11.3. The Morgan fingerprint density at radius 2 is 2.57 bits per heavy atom. The third kappa shape index (κ3) is 2.02. The summed E-state index contributed by atoms with van der Waals surface area (Å²) in [6, 6.07) is 0. The van der Waals surface area contributed by atoms with E-state index in [-0.39, 0.29) is 5.91 Å². The number of H-pyrrole nitrogens is 1. The van der Waals surface area contributed by atoms with Crippen LogP contribution >= 0.6 is 0 Å². The zero-order valence-electron chi connectivity index (χ0n) is 8.02. The molecular formula is C10H14N3O+. The fourth-order valence-corrected chi connectivity index (χ4v) is 1.59. The Kier molecular flexibility index (Phi) is 2.62. The first-order valence-corrected chi connectivity index (χ1v) is 4.84. The standard InChI is InChI=1S/C10H13N3O/c14-10-3-1-6-13(10)7-2-5-12-8-4-11-9-12/h2,4-5,8-9H,1,3,6-7H2/p+1. The highest BCUT2D eigenvalue weighted by Crippen LogP contribution is 2.08. The smallest absolute Gasteiger partial charge is 0.246 e. The van der Waals surface area contributed by atoms with Crippen LogP contribution in [0, 0.1) is 0 Å². The largest absolute Gasteiger partial charge is 0.339 e. The predicted molar refractivity (Wildman–Crippen MR) is 52.1 cm³/mol. The Bertz CT molecular complexity index is 329. The summed E-state index contributed by atoms with van der Waals surface area (Å²) >= 11 is 0. The van der Waals surface area contributed by atoms with Gasteiger partial charge in [-0.15, -0.1) is 0 Å². The van der Waals surface area contributed by atoms with Crippen molar-refractivity contribution in [2.75, 3.05) is 13.1 Å². The van der Waals surface area contributed by atoms with E-state index < -0.39 is 0 Å². The van der Waals surface area contributed by atoms with Crippen LogP contribution in [0.15, 0.2) is 24.8 Å². The molecule has 4 nitrogen and oxygen atoms in total. The number of rotatable bonds is 3. The van der Waals surface area contributed by atoms with Crippen molar-refractivity contribution < 1.29 is 9.36 Å². The van der Waals surface area contributed by atoms with Crippen LogP contribution in [0.2, 0.25) is 0 Å². The quantitative estimate of drug-likeness (QED) is 0.692. The average Bonchev–Trinajstić information content (AvgIpc) is 2.78. The van der Waals surface area contributed by atoms with Gasteiger partial charge in [0.05, 0.1) is 6.20 Å². The topological polar surface area (TPSA) is 40.0 Å². The number of aromatic amines is 1. The molecule has 0 spiro atoms. The number of imidazole rings is 1. The van der Waals surface area contributed by atoms with Gasteiger partial charge < -0.3 is 4.90 Å². The molecule has 1 aromatic rings. The fraction of sp³-hybridized carbons (Fsp3) is 0.400. The van der Waals surface area contributed by atoms with E-state index in [0.29, 0.717) is 6.42 Å². The third-order valence-electron chi connectivity index (χ3n) is 2.34. The van der Waals surface area contributed by atoms with Crippen LogP contribution in [0.1, 0.15) is 12.8 Å². The number of nitrogens with one attached hydrogen (secondary N) is 1. The summed E-state index contributed by atoms with van der Waals surface area (Å²) in [5.41, 5.74) is 0. The first kappa shape index (κ1) is 8.99. The number of hydrogen-bond acceptors (Lipinski definition) is 1. The maximum atomic E-state index is 11.2. The fourth-order valence-electron chi connectivity index (χ4n) is 1.59. The zero-order valence-corrected chi connectivity index (χ0v) is 8.02. The molecule has 0 atom stereocenters. The normalized spacial score (nSPS) is 17.1. The Morgan fingerprint density at radius 3 is 3.21 bits per heavy atom. The van der Waals surface area contributed by atoms with Gasteiger partial charge in [0.1, 0.15) is 12.4 Å². The Hall–Kier alpha value is -1.58. The molecule has 74 valence electrons. The first-order chi connectivity index (χ1) is 6.86. The van der Waals surface area contributed by atoms with Gasteiger partial charge in [-0.2, -0.15) is 0 Å². The third-order valence-corrected chi connectivity index (χ3v) is 2.34. The van der Waals surface area contributed by atoms with E-state index >= 15 is 0 Å². The SMILES string of the molecule is O=C1CCCN1CC=C[n+]1cc[nH]c1. The van der Waals surface area contributed by atoms with Gasteiger partial charge in [0.2, 0.25) is 12.2 Å². The molecular weight excluding hydrogens is 178 g/mol. The minimum atomic E-state index is 0.272. The molecule has 1 aromatic heterocycles. The number of nitrogens with zero attached hydrogens (tertiary/aromatic N) is 2.